The summed E-state index contributed by atoms with van der Waals surface area (Å²) in [4.78, 5) is 40.5. The molecule has 23 heteroatoms. The van der Waals surface area contributed by atoms with Gasteiger partial charge in [-0.3, -0.25) is 4.90 Å². The van der Waals surface area contributed by atoms with Crippen molar-refractivity contribution in [1.82, 2.24) is 59.3 Å². The highest BCUT2D eigenvalue weighted by Crippen LogP contribution is 2.39. The molecule has 6 aromatic heterocycles. The summed E-state index contributed by atoms with van der Waals surface area (Å²) >= 11 is 5.42. The fourth-order valence-electron chi connectivity index (χ4n) is 12.2. The molecule has 4 aliphatic rings. The molecule has 12 rings (SSSR count). The predicted octanol–water partition coefficient (Wildman–Crippen LogP) is 5.94. The van der Waals surface area contributed by atoms with Gasteiger partial charge in [0, 0.05) is 129 Å². The van der Waals surface area contributed by atoms with Gasteiger partial charge in [0.15, 0.2) is 0 Å². The predicted molar refractivity (Wildman–Crippen MR) is 341 cm³/mol. The molecule has 2 saturated carbocycles. The molecule has 8 aromatic rings. The zero-order chi connectivity index (χ0) is 61.9. The molecule has 4 fully saturated rings. The third-order valence-corrected chi connectivity index (χ3v) is 17.0. The van der Waals surface area contributed by atoms with Gasteiger partial charge < -0.3 is 55.3 Å². The lowest BCUT2D eigenvalue weighted by Crippen LogP contribution is -3.13. The fraction of sp³-hybridized carbons (Fsp3) is 0.492. The number of aromatic nitrogens is 10. The summed E-state index contributed by atoms with van der Waals surface area (Å²) in [6, 6.07) is 26.5. The summed E-state index contributed by atoms with van der Waals surface area (Å²) in [7, 11) is 3.40. The highest BCUT2D eigenvalue weighted by molar-refractivity contribution is 6.28. The molecule has 8 heterocycles. The monoisotopic (exact) mass is 1220 g/mol. The van der Waals surface area contributed by atoms with E-state index >= 15 is 0 Å². The molecule has 2 aromatic carbocycles. The molecule has 2 saturated heterocycles. The number of nitrogens with one attached hydrogen (secondary N) is 4. The molecule has 2 atom stereocenters. The third-order valence-electron chi connectivity index (χ3n) is 16.8. The first kappa shape index (κ1) is 65.2. The largest absolute Gasteiger partial charge is 0.554 e. The summed E-state index contributed by atoms with van der Waals surface area (Å²) in [6.07, 6.45) is 14.2. The first-order valence-corrected chi connectivity index (χ1v) is 31.3. The highest BCUT2D eigenvalue weighted by Gasteiger charge is 2.28. The van der Waals surface area contributed by atoms with Crippen LogP contribution in [0.25, 0.3) is 33.3 Å². The standard InChI is InChI=1S/C32H42N8O2.C27H38N6O2.C5H5ClN2.CH2O2/c1-22-12-13-33-32(36-22)39-16-14-38(15-17-39)20-24-4-6-25(7-5-24)28-18-29(26-8-10-27(41)11-9-26)40-30(28)19-34-31(37-40)35-23(2)21-42-3;1-19(18-35-2)30-27-29-16-26-24(15-25(33(26)31-27)22-7-9-23(34)10-8-22)21-5-3-20(4-6-21)17-32-13-11-28-12-14-32;1-4-2-3-7-5(6)8-4;2-1-3/h4-7,12-13,18-19,23,26-27,41H,8-11,14-17,20-21H2,1-3H3,(H,35,37);3-6,15-16,19,22-23,28,34H,7-14,17-18H2,1-2H3,(H,30,31);2-3H,1H3;1H,(H,2,3)/t23-,26?,27?;19-,22?,23?;;/m00../s1. The van der Waals surface area contributed by atoms with Gasteiger partial charge >= 0.3 is 0 Å². The number of ether oxygens (including phenoxy) is 2. The van der Waals surface area contributed by atoms with Crippen LogP contribution >= 0.6 is 11.6 Å². The number of quaternary nitrogens is 1. The normalized spacial score (nSPS) is 19.7. The van der Waals surface area contributed by atoms with Gasteiger partial charge in [-0.2, -0.15) is 0 Å². The Morgan fingerprint density at radius 1 is 0.670 bits per heavy atom. The molecule has 6 N–H and O–H groups in total. The minimum atomic E-state index is -0.500. The summed E-state index contributed by atoms with van der Waals surface area (Å²) in [5.74, 6) is 2.79. The molecule has 22 nitrogen and oxygen atoms in total. The number of carbonyl (C=O) groups excluding carboxylic acids is 1. The number of aryl methyl sites for hydroxylation is 2. The number of carboxylic acid groups (broad SMARTS) is 1. The van der Waals surface area contributed by atoms with Crippen molar-refractivity contribution < 1.29 is 34.5 Å². The number of benzene rings is 2. The van der Waals surface area contributed by atoms with E-state index < -0.39 is 6.47 Å². The second-order valence-electron chi connectivity index (χ2n) is 23.6. The third kappa shape index (κ3) is 18.0. The Morgan fingerprint density at radius 2 is 1.14 bits per heavy atom. The van der Waals surface area contributed by atoms with Crippen molar-refractivity contribution in [2.75, 3.05) is 95.3 Å². The summed E-state index contributed by atoms with van der Waals surface area (Å²) in [6.45, 7) is 19.1. The smallest absolute Gasteiger partial charge is 0.241 e. The van der Waals surface area contributed by atoms with E-state index in [9.17, 15) is 10.2 Å². The van der Waals surface area contributed by atoms with E-state index in [0.29, 0.717) is 42.2 Å². The van der Waals surface area contributed by atoms with Crippen LogP contribution in [0.1, 0.15) is 111 Å². The lowest BCUT2D eigenvalue weighted by Gasteiger charge is -2.32. The molecule has 0 bridgehead atoms. The quantitative estimate of drug-likeness (QED) is 0.0456. The van der Waals surface area contributed by atoms with Gasteiger partial charge in [0.25, 0.3) is 0 Å². The van der Waals surface area contributed by atoms with Crippen molar-refractivity contribution in [3.05, 3.63) is 137 Å². The maximum atomic E-state index is 10.1. The molecule has 0 unspecified atom stereocenters. The van der Waals surface area contributed by atoms with E-state index in [1.807, 2.05) is 38.5 Å². The molecule has 470 valence electrons. The van der Waals surface area contributed by atoms with Crippen molar-refractivity contribution in [2.45, 2.75) is 128 Å². The molecule has 0 spiro atoms. The van der Waals surface area contributed by atoms with Crippen LogP contribution in [0.2, 0.25) is 5.28 Å². The van der Waals surface area contributed by atoms with Crippen LogP contribution in [0.3, 0.4) is 0 Å². The Hall–Kier alpha value is -7.28. The molecule has 2 aliphatic carbocycles. The number of methoxy groups -OCH3 is 2. The van der Waals surface area contributed by atoms with E-state index in [4.69, 9.17) is 41.2 Å². The van der Waals surface area contributed by atoms with Crippen LogP contribution < -0.4 is 30.9 Å². The maximum Gasteiger partial charge on any atom is 0.241 e. The number of rotatable bonds is 17. The summed E-state index contributed by atoms with van der Waals surface area (Å²) in [5.41, 5.74) is 13.7. The Morgan fingerprint density at radius 3 is 1.58 bits per heavy atom. The average Bonchev–Trinajstić information content (AvgIpc) is 2.67. The van der Waals surface area contributed by atoms with Gasteiger partial charge in [0.2, 0.25) is 23.1 Å². The Bertz CT molecular complexity index is 3420. The van der Waals surface area contributed by atoms with Crippen molar-refractivity contribution in [3.8, 4) is 22.3 Å². The van der Waals surface area contributed by atoms with Crippen LogP contribution in [0.4, 0.5) is 17.8 Å². The van der Waals surface area contributed by atoms with Gasteiger partial charge in [-0.05, 0) is 132 Å². The average molecular weight is 1220 g/mol. The number of hydrogen-bond acceptors (Lipinski definition) is 19. The first-order chi connectivity index (χ1) is 42.8. The number of aliphatic hydroxyl groups is 2. The zero-order valence-electron chi connectivity index (χ0n) is 51.7. The van der Waals surface area contributed by atoms with E-state index in [2.05, 4.69) is 139 Å². The summed E-state index contributed by atoms with van der Waals surface area (Å²) in [5, 5.41) is 48.7. The highest BCUT2D eigenvalue weighted by atomic mass is 35.5. The first-order valence-electron chi connectivity index (χ1n) is 30.9. The Labute approximate surface area is 521 Å². The van der Waals surface area contributed by atoms with Gasteiger partial charge in [0.05, 0.1) is 75.0 Å². The van der Waals surface area contributed by atoms with E-state index in [0.717, 1.165) is 156 Å². The van der Waals surface area contributed by atoms with Crippen molar-refractivity contribution in [3.63, 3.8) is 0 Å². The van der Waals surface area contributed by atoms with Gasteiger partial charge in [-0.25, -0.2) is 38.9 Å². The second-order valence-corrected chi connectivity index (χ2v) is 24.0. The SMILES string of the molecule is COC[C@H](C)Nc1ncc2c(-c3ccc(CN4CCNCC4)cc3)cc(C3CCC(O)CC3)n2n1.COC[C@H](C)Nc1ncc2c(-c3ccc(C[NH+]4CCN(c5nccc(C)n5)CC4)cc3)cc(C3CCC(O)CC3)n2n1.Cc1ccnc(Cl)n1.O=C[O-]. The van der Waals surface area contributed by atoms with Crippen molar-refractivity contribution in [1.29, 1.82) is 0 Å². The van der Waals surface area contributed by atoms with Crippen LogP contribution in [0, 0.1) is 13.8 Å². The number of carbonyl (C=O) groups is 1. The van der Waals surface area contributed by atoms with E-state index in [1.54, 1.807) is 31.4 Å². The van der Waals surface area contributed by atoms with Crippen LogP contribution in [0.15, 0.2) is 97.6 Å². The lowest BCUT2D eigenvalue weighted by molar-refractivity contribution is -0.914. The molecular weight excluding hydrogens is 1140 g/mol. The fourth-order valence-corrected chi connectivity index (χ4v) is 12.4. The van der Waals surface area contributed by atoms with E-state index in [1.165, 1.54) is 33.6 Å². The molecular formula is C65H87ClN16O6. The minimum absolute atomic E-state index is 0.101. The van der Waals surface area contributed by atoms with Gasteiger partial charge in [0.1, 0.15) is 6.54 Å². The number of halogens is 1. The molecule has 0 amide bonds. The zero-order valence-corrected chi connectivity index (χ0v) is 52.4. The van der Waals surface area contributed by atoms with Gasteiger partial charge in [-0.1, -0.05) is 48.5 Å². The number of aliphatic hydroxyl groups excluding tert-OH is 2. The van der Waals surface area contributed by atoms with E-state index in [-0.39, 0.29) is 24.3 Å². The summed E-state index contributed by atoms with van der Waals surface area (Å²) < 4.78 is 14.7. The van der Waals surface area contributed by atoms with Crippen LogP contribution in [-0.2, 0) is 27.4 Å². The number of nitrogens with zero attached hydrogens (tertiary/aromatic N) is 12. The van der Waals surface area contributed by atoms with Crippen LogP contribution in [0.5, 0.6) is 0 Å². The number of piperazine rings is 2. The topological polar surface area (TPSA) is 258 Å². The number of hydrogen-bond donors (Lipinski definition) is 6. The van der Waals surface area contributed by atoms with Crippen molar-refractivity contribution >= 4 is 47.0 Å². The minimum Gasteiger partial charge on any atom is -0.554 e. The Kier molecular flexibility index (Phi) is 23.9. The molecule has 2 aliphatic heterocycles. The lowest BCUT2D eigenvalue weighted by atomic mass is 9.85. The van der Waals surface area contributed by atoms with Crippen molar-refractivity contribution in [2.24, 2.45) is 0 Å². The Balaban J connectivity index is 0.000000181. The molecule has 0 radical (unpaired) electrons. The van der Waals surface area contributed by atoms with Crippen LogP contribution in [-0.4, -0.2) is 175 Å². The number of fused-ring (bicyclic) bond motifs is 2. The maximum absolute atomic E-state index is 10.1. The van der Waals surface area contributed by atoms with Gasteiger partial charge in [-0.15, -0.1) is 10.2 Å². The second kappa shape index (κ2) is 32.3. The molecule has 88 heavy (non-hydrogen) atoms. The number of anilines is 3.